The van der Waals surface area contributed by atoms with E-state index in [1.54, 1.807) is 10.9 Å². The molecule has 3 rings (SSSR count). The highest BCUT2D eigenvalue weighted by atomic mass is 32.2. The van der Waals surface area contributed by atoms with Crippen molar-refractivity contribution in [3.05, 3.63) is 30.1 Å². The van der Waals surface area contributed by atoms with Crippen LogP contribution in [0, 0.1) is 0 Å². The maximum atomic E-state index is 12.2. The number of fused-ring (bicyclic) bond motifs is 1. The second kappa shape index (κ2) is 4.87. The van der Waals surface area contributed by atoms with E-state index in [9.17, 15) is 8.42 Å². The molecule has 0 unspecified atom stereocenters. The van der Waals surface area contributed by atoms with Crippen molar-refractivity contribution >= 4 is 15.5 Å². The molecule has 1 aliphatic rings. The van der Waals surface area contributed by atoms with Crippen LogP contribution >= 0.6 is 0 Å². The normalized spacial score (nSPS) is 15.1. The molecule has 6 heteroatoms. The molecule has 0 aliphatic carbocycles. The number of sulfone groups is 1. The van der Waals surface area contributed by atoms with Gasteiger partial charge in [-0.05, 0) is 30.5 Å². The third-order valence-electron chi connectivity index (χ3n) is 3.95. The number of nitrogens with zero attached hydrogens (tertiary/aromatic N) is 3. The summed E-state index contributed by atoms with van der Waals surface area (Å²) >= 11 is 0. The lowest BCUT2D eigenvalue weighted by molar-refractivity contribution is 0.602. The van der Waals surface area contributed by atoms with E-state index in [1.165, 1.54) is 11.8 Å². The summed E-state index contributed by atoms with van der Waals surface area (Å²) in [6, 6.07) is 3.82. The molecule has 112 valence electrons. The topological polar surface area (TPSA) is 55.2 Å². The second-order valence-corrected chi connectivity index (χ2v) is 7.66. The van der Waals surface area contributed by atoms with Crippen molar-refractivity contribution in [1.29, 1.82) is 0 Å². The minimum absolute atomic E-state index is 0.378. The zero-order valence-electron chi connectivity index (χ0n) is 12.5. The molecule has 2 heterocycles. The molecule has 0 radical (unpaired) electrons. The highest BCUT2D eigenvalue weighted by Crippen LogP contribution is 2.36. The van der Waals surface area contributed by atoms with Crippen LogP contribution in [0.2, 0.25) is 0 Å². The molecule has 0 atom stereocenters. The zero-order chi connectivity index (χ0) is 15.2. The Hall–Kier alpha value is -1.82. The summed E-state index contributed by atoms with van der Waals surface area (Å²) < 4.78 is 26.0. The highest BCUT2D eigenvalue weighted by molar-refractivity contribution is 7.90. The van der Waals surface area contributed by atoms with Gasteiger partial charge in [0.1, 0.15) is 0 Å². The van der Waals surface area contributed by atoms with Gasteiger partial charge in [0.25, 0.3) is 0 Å². The van der Waals surface area contributed by atoms with Crippen molar-refractivity contribution in [3.8, 4) is 11.1 Å². The maximum Gasteiger partial charge on any atom is 0.176 e. The van der Waals surface area contributed by atoms with Crippen molar-refractivity contribution in [1.82, 2.24) is 9.78 Å². The van der Waals surface area contributed by atoms with Crippen LogP contribution in [0.5, 0.6) is 0 Å². The van der Waals surface area contributed by atoms with Gasteiger partial charge < -0.3 is 4.90 Å². The Morgan fingerprint density at radius 1 is 1.24 bits per heavy atom. The van der Waals surface area contributed by atoms with Crippen LogP contribution in [-0.2, 0) is 23.3 Å². The van der Waals surface area contributed by atoms with Crippen LogP contribution in [0.25, 0.3) is 11.1 Å². The first-order valence-corrected chi connectivity index (χ1v) is 8.82. The number of hydrogen-bond donors (Lipinski definition) is 0. The Morgan fingerprint density at radius 2 is 2.00 bits per heavy atom. The Morgan fingerprint density at radius 3 is 2.62 bits per heavy atom. The van der Waals surface area contributed by atoms with E-state index in [-0.39, 0.29) is 0 Å². The molecular formula is C15H19N3O2S. The molecule has 21 heavy (non-hydrogen) atoms. The molecule has 0 saturated carbocycles. The van der Waals surface area contributed by atoms with Gasteiger partial charge in [0.05, 0.1) is 11.1 Å². The predicted octanol–water partition coefficient (Wildman–Crippen LogP) is 1.87. The van der Waals surface area contributed by atoms with E-state index in [2.05, 4.69) is 10.00 Å². The fourth-order valence-electron chi connectivity index (χ4n) is 2.89. The van der Waals surface area contributed by atoms with Gasteiger partial charge in [-0.1, -0.05) is 0 Å². The van der Waals surface area contributed by atoms with Gasteiger partial charge in [-0.2, -0.15) is 5.10 Å². The lowest BCUT2D eigenvalue weighted by Crippen LogP contribution is -2.25. The van der Waals surface area contributed by atoms with Crippen LogP contribution < -0.4 is 4.90 Å². The average molecular weight is 305 g/mol. The smallest absolute Gasteiger partial charge is 0.176 e. The number of hydrogen-bond acceptors (Lipinski definition) is 4. The molecule has 0 saturated heterocycles. The van der Waals surface area contributed by atoms with Crippen molar-refractivity contribution in [2.45, 2.75) is 17.7 Å². The highest BCUT2D eigenvalue weighted by Gasteiger charge is 2.22. The van der Waals surface area contributed by atoms with Crippen molar-refractivity contribution < 1.29 is 8.42 Å². The maximum absolute atomic E-state index is 12.2. The third kappa shape index (κ3) is 2.55. The van der Waals surface area contributed by atoms with Gasteiger partial charge in [0.15, 0.2) is 9.84 Å². The Bertz CT molecular complexity index is 793. The van der Waals surface area contributed by atoms with Crippen molar-refractivity contribution in [3.63, 3.8) is 0 Å². The monoisotopic (exact) mass is 305 g/mol. The minimum Gasteiger partial charge on any atom is -0.374 e. The van der Waals surface area contributed by atoms with Gasteiger partial charge in [-0.3, -0.25) is 4.68 Å². The van der Waals surface area contributed by atoms with Gasteiger partial charge >= 0.3 is 0 Å². The van der Waals surface area contributed by atoms with Gasteiger partial charge in [-0.25, -0.2) is 8.42 Å². The lowest BCUT2D eigenvalue weighted by atomic mass is 9.97. The van der Waals surface area contributed by atoms with Crippen LogP contribution in [-0.4, -0.2) is 38.0 Å². The van der Waals surface area contributed by atoms with E-state index < -0.39 is 9.84 Å². The van der Waals surface area contributed by atoms with Crippen LogP contribution in [0.3, 0.4) is 0 Å². The standard InChI is InChI=1S/C15H19N3O2S/c1-17-6-4-5-11-7-13(12-9-16-18(2)10-12)15(8-14(11)17)21(3,19)20/h7-10H,4-6H2,1-3H3. The summed E-state index contributed by atoms with van der Waals surface area (Å²) in [5.74, 6) is 0. The summed E-state index contributed by atoms with van der Waals surface area (Å²) in [4.78, 5) is 2.50. The summed E-state index contributed by atoms with van der Waals surface area (Å²) in [7, 11) is 0.544. The van der Waals surface area contributed by atoms with Crippen LogP contribution in [0.4, 0.5) is 5.69 Å². The van der Waals surface area contributed by atoms with E-state index in [1.807, 2.05) is 32.4 Å². The summed E-state index contributed by atoms with van der Waals surface area (Å²) in [5.41, 5.74) is 3.82. The molecule has 0 spiro atoms. The molecular weight excluding hydrogens is 286 g/mol. The summed E-state index contributed by atoms with van der Waals surface area (Å²) in [5, 5.41) is 4.15. The first kappa shape index (κ1) is 14.1. The van der Waals surface area contributed by atoms with Gasteiger partial charge in [0, 0.05) is 49.9 Å². The molecule has 1 aliphatic heterocycles. The van der Waals surface area contributed by atoms with Gasteiger partial charge in [-0.15, -0.1) is 0 Å². The predicted molar refractivity (Wildman–Crippen MR) is 83.3 cm³/mol. The molecule has 1 aromatic heterocycles. The largest absolute Gasteiger partial charge is 0.374 e. The van der Waals surface area contributed by atoms with E-state index >= 15 is 0 Å². The average Bonchev–Trinajstić information content (AvgIpc) is 2.83. The summed E-state index contributed by atoms with van der Waals surface area (Å²) in [6.45, 7) is 0.961. The third-order valence-corrected chi connectivity index (χ3v) is 5.08. The van der Waals surface area contributed by atoms with Crippen molar-refractivity contribution in [2.24, 2.45) is 7.05 Å². The van der Waals surface area contributed by atoms with E-state index in [4.69, 9.17) is 0 Å². The molecule has 0 amide bonds. The van der Waals surface area contributed by atoms with Crippen LogP contribution in [0.1, 0.15) is 12.0 Å². The summed E-state index contributed by atoms with van der Waals surface area (Å²) in [6.07, 6.45) is 6.90. The SMILES string of the molecule is CN1CCCc2cc(-c3cnn(C)c3)c(S(C)(=O)=O)cc21. The fraction of sp³-hybridized carbons (Fsp3) is 0.400. The minimum atomic E-state index is -3.29. The Kier molecular flexibility index (Phi) is 3.28. The number of aromatic nitrogens is 2. The van der Waals surface area contributed by atoms with Gasteiger partial charge in [0.2, 0.25) is 0 Å². The molecule has 0 fully saturated rings. The quantitative estimate of drug-likeness (QED) is 0.850. The molecule has 0 N–H and O–H groups in total. The zero-order valence-corrected chi connectivity index (χ0v) is 13.3. The first-order chi connectivity index (χ1) is 9.86. The number of aryl methyl sites for hydroxylation is 2. The fourth-order valence-corrected chi connectivity index (χ4v) is 3.79. The number of benzene rings is 1. The van der Waals surface area contributed by atoms with E-state index in [0.717, 1.165) is 36.2 Å². The van der Waals surface area contributed by atoms with Crippen molar-refractivity contribution in [2.75, 3.05) is 24.7 Å². The molecule has 1 aromatic carbocycles. The Balaban J connectivity index is 2.27. The Labute approximate surface area is 125 Å². The van der Waals surface area contributed by atoms with E-state index in [0.29, 0.717) is 4.90 Å². The van der Waals surface area contributed by atoms with Crippen LogP contribution in [0.15, 0.2) is 29.4 Å². The first-order valence-electron chi connectivity index (χ1n) is 6.93. The lowest BCUT2D eigenvalue weighted by Gasteiger charge is -2.28. The number of anilines is 1. The molecule has 2 aromatic rings. The molecule has 5 nitrogen and oxygen atoms in total. The molecule has 0 bridgehead atoms. The second-order valence-electron chi connectivity index (χ2n) is 5.68. The number of rotatable bonds is 2.